The molecule has 0 saturated heterocycles. The van der Waals surface area contributed by atoms with Gasteiger partial charge in [-0.3, -0.25) is 9.59 Å². The number of hydrogen-bond acceptors (Lipinski definition) is 5. The molecule has 0 fully saturated rings. The van der Waals surface area contributed by atoms with Crippen molar-refractivity contribution in [1.82, 2.24) is 0 Å². The third kappa shape index (κ3) is 4.14. The summed E-state index contributed by atoms with van der Waals surface area (Å²) in [6.07, 6.45) is 0. The van der Waals surface area contributed by atoms with Crippen LogP contribution in [0, 0.1) is 0 Å². The second kappa shape index (κ2) is 4.49. The van der Waals surface area contributed by atoms with E-state index in [1.54, 1.807) is 0 Å². The van der Waals surface area contributed by atoms with Gasteiger partial charge in [0.05, 0.1) is 0 Å². The van der Waals surface area contributed by atoms with Crippen molar-refractivity contribution in [2.45, 2.75) is 0 Å². The molecule has 0 radical (unpaired) electrons. The van der Waals surface area contributed by atoms with Gasteiger partial charge in [0.1, 0.15) is 13.2 Å². The Kier molecular flexibility index (Phi) is 4.29. The predicted octanol–water partition coefficient (Wildman–Crippen LogP) is -1.24. The SMILES string of the molecule is O=C(CO)SC(=O)CO. The number of thioether (sulfide) groups is 1. The van der Waals surface area contributed by atoms with Gasteiger partial charge in [-0.2, -0.15) is 0 Å². The summed E-state index contributed by atoms with van der Waals surface area (Å²) in [5, 5.41) is 14.9. The van der Waals surface area contributed by atoms with Crippen LogP contribution in [-0.4, -0.2) is 33.7 Å². The van der Waals surface area contributed by atoms with Crippen LogP contribution in [0.5, 0.6) is 0 Å². The highest BCUT2D eigenvalue weighted by atomic mass is 32.2. The van der Waals surface area contributed by atoms with Crippen LogP contribution in [0.4, 0.5) is 0 Å². The number of carbonyl (C=O) groups excluding carboxylic acids is 2. The first kappa shape index (κ1) is 8.61. The van der Waals surface area contributed by atoms with Gasteiger partial charge < -0.3 is 10.2 Å². The lowest BCUT2D eigenvalue weighted by molar-refractivity contribution is -0.115. The minimum Gasteiger partial charge on any atom is -0.388 e. The minimum absolute atomic E-state index is 0.322. The largest absolute Gasteiger partial charge is 0.388 e. The van der Waals surface area contributed by atoms with Gasteiger partial charge in [0.25, 0.3) is 0 Å². The van der Waals surface area contributed by atoms with Gasteiger partial charge in [-0.15, -0.1) is 0 Å². The molecule has 0 aromatic heterocycles. The molecule has 0 atom stereocenters. The Morgan fingerprint density at radius 3 is 1.67 bits per heavy atom. The smallest absolute Gasteiger partial charge is 0.221 e. The zero-order valence-corrected chi connectivity index (χ0v) is 5.35. The summed E-state index contributed by atoms with van der Waals surface area (Å²) in [6, 6.07) is 0. The molecule has 0 aliphatic carbocycles. The van der Waals surface area contributed by atoms with Crippen LogP contribution < -0.4 is 0 Å². The summed E-state index contributed by atoms with van der Waals surface area (Å²) < 4.78 is 0. The van der Waals surface area contributed by atoms with Crippen molar-refractivity contribution in [3.63, 3.8) is 0 Å². The molecule has 0 rings (SSSR count). The quantitative estimate of drug-likeness (QED) is 0.515. The molecule has 0 aliphatic heterocycles. The number of aliphatic hydroxyl groups is 2. The molecular weight excluding hydrogens is 144 g/mol. The van der Waals surface area contributed by atoms with Crippen molar-refractivity contribution >= 4 is 22.0 Å². The standard InChI is InChI=1S/C4H6O4S/c5-1-3(7)9-4(8)2-6/h5-6H,1-2H2. The van der Waals surface area contributed by atoms with Crippen LogP contribution in [-0.2, 0) is 9.59 Å². The summed E-state index contributed by atoms with van der Waals surface area (Å²) >= 11 is 0.322. The molecule has 0 aromatic rings. The third-order valence-electron chi connectivity index (χ3n) is 0.486. The van der Waals surface area contributed by atoms with Crippen LogP contribution in [0.1, 0.15) is 0 Å². The highest BCUT2D eigenvalue weighted by molar-refractivity contribution is 8.26. The van der Waals surface area contributed by atoms with Gasteiger partial charge in [0.2, 0.25) is 10.2 Å². The Balaban J connectivity index is 3.47. The van der Waals surface area contributed by atoms with Crippen LogP contribution in [0.3, 0.4) is 0 Å². The van der Waals surface area contributed by atoms with E-state index in [1.807, 2.05) is 0 Å². The first-order chi connectivity index (χ1) is 4.20. The molecule has 2 N–H and O–H groups in total. The molecule has 0 unspecified atom stereocenters. The number of aliphatic hydroxyl groups excluding tert-OH is 2. The fourth-order valence-corrected chi connectivity index (χ4v) is 0.575. The van der Waals surface area contributed by atoms with Crippen LogP contribution in [0.2, 0.25) is 0 Å². The number of carbonyl (C=O) groups is 2. The van der Waals surface area contributed by atoms with Gasteiger partial charge in [-0.1, -0.05) is 0 Å². The van der Waals surface area contributed by atoms with Crippen molar-refractivity contribution < 1.29 is 19.8 Å². The zero-order valence-electron chi connectivity index (χ0n) is 4.53. The summed E-state index contributed by atoms with van der Waals surface area (Å²) in [5.41, 5.74) is 0. The van der Waals surface area contributed by atoms with E-state index in [2.05, 4.69) is 0 Å². The molecule has 0 saturated carbocycles. The molecular formula is C4H6O4S. The van der Waals surface area contributed by atoms with Crippen molar-refractivity contribution in [1.29, 1.82) is 0 Å². The number of hydrogen-bond donors (Lipinski definition) is 2. The van der Waals surface area contributed by atoms with Crippen molar-refractivity contribution in [3.8, 4) is 0 Å². The van der Waals surface area contributed by atoms with E-state index in [0.717, 1.165) is 0 Å². The Morgan fingerprint density at radius 1 is 1.11 bits per heavy atom. The lowest BCUT2D eigenvalue weighted by Gasteiger charge is -1.89. The first-order valence-electron chi connectivity index (χ1n) is 2.16. The minimum atomic E-state index is -0.670. The summed E-state index contributed by atoms with van der Waals surface area (Å²) in [4.78, 5) is 20.3. The molecule has 4 nitrogen and oxygen atoms in total. The second-order valence-electron chi connectivity index (χ2n) is 1.16. The molecule has 0 amide bonds. The van der Waals surface area contributed by atoms with Crippen molar-refractivity contribution in [2.24, 2.45) is 0 Å². The molecule has 0 bridgehead atoms. The number of rotatable bonds is 2. The second-order valence-corrected chi connectivity index (χ2v) is 2.28. The van der Waals surface area contributed by atoms with E-state index in [4.69, 9.17) is 10.2 Å². The Morgan fingerprint density at radius 2 is 1.44 bits per heavy atom. The lowest BCUT2D eigenvalue weighted by Crippen LogP contribution is -2.06. The molecule has 0 heterocycles. The predicted molar refractivity (Wildman–Crippen MR) is 31.8 cm³/mol. The van der Waals surface area contributed by atoms with E-state index < -0.39 is 23.4 Å². The maximum Gasteiger partial charge on any atom is 0.221 e. The summed E-state index contributed by atoms with van der Waals surface area (Å²) in [6.45, 7) is -1.34. The van der Waals surface area contributed by atoms with Gasteiger partial charge >= 0.3 is 0 Å². The molecule has 0 spiro atoms. The maximum absolute atomic E-state index is 10.2. The van der Waals surface area contributed by atoms with E-state index in [9.17, 15) is 9.59 Å². The Bertz CT molecular complexity index is 108. The third-order valence-corrected chi connectivity index (χ3v) is 1.20. The van der Waals surface area contributed by atoms with E-state index >= 15 is 0 Å². The molecule has 52 valence electrons. The van der Waals surface area contributed by atoms with E-state index in [-0.39, 0.29) is 0 Å². The average molecular weight is 150 g/mol. The molecule has 0 aromatic carbocycles. The van der Waals surface area contributed by atoms with Crippen molar-refractivity contribution in [2.75, 3.05) is 13.2 Å². The van der Waals surface area contributed by atoms with E-state index in [1.165, 1.54) is 0 Å². The molecule has 0 aliphatic rings. The highest BCUT2D eigenvalue weighted by Crippen LogP contribution is 2.00. The monoisotopic (exact) mass is 150 g/mol. The van der Waals surface area contributed by atoms with Gasteiger partial charge in [0.15, 0.2) is 0 Å². The maximum atomic E-state index is 10.2. The average Bonchev–Trinajstić information content (AvgIpc) is 1.87. The van der Waals surface area contributed by atoms with Gasteiger partial charge in [0, 0.05) is 0 Å². The Labute approximate surface area is 55.9 Å². The van der Waals surface area contributed by atoms with Crippen LogP contribution >= 0.6 is 11.8 Å². The zero-order chi connectivity index (χ0) is 7.28. The fraction of sp³-hybridized carbons (Fsp3) is 0.500. The molecule has 9 heavy (non-hydrogen) atoms. The Hall–Kier alpha value is -0.390. The van der Waals surface area contributed by atoms with E-state index in [0.29, 0.717) is 11.8 Å². The fourth-order valence-electron chi connectivity index (χ4n) is 0.192. The summed E-state index contributed by atoms with van der Waals surface area (Å²) in [7, 11) is 0. The first-order valence-corrected chi connectivity index (χ1v) is 2.97. The van der Waals surface area contributed by atoms with Crippen LogP contribution in [0.25, 0.3) is 0 Å². The van der Waals surface area contributed by atoms with Crippen LogP contribution in [0.15, 0.2) is 0 Å². The topological polar surface area (TPSA) is 74.6 Å². The molecule has 5 heteroatoms. The van der Waals surface area contributed by atoms with Crippen molar-refractivity contribution in [3.05, 3.63) is 0 Å². The van der Waals surface area contributed by atoms with Gasteiger partial charge in [-0.25, -0.2) is 0 Å². The lowest BCUT2D eigenvalue weighted by atomic mass is 10.8. The normalized spacial score (nSPS) is 9.11. The highest BCUT2D eigenvalue weighted by Gasteiger charge is 2.06. The summed E-state index contributed by atoms with van der Waals surface area (Å²) in [5.74, 6) is 0. The van der Waals surface area contributed by atoms with Gasteiger partial charge in [-0.05, 0) is 11.8 Å².